The summed E-state index contributed by atoms with van der Waals surface area (Å²) in [4.78, 5) is 0. The number of aliphatic hydroxyl groups is 1. The van der Waals surface area contributed by atoms with Gasteiger partial charge < -0.3 is 9.84 Å². The Morgan fingerprint density at radius 3 is 2.11 bits per heavy atom. The van der Waals surface area contributed by atoms with E-state index < -0.39 is 5.79 Å². The van der Waals surface area contributed by atoms with Crippen molar-refractivity contribution in [3.05, 3.63) is 0 Å². The third kappa shape index (κ3) is 1.66. The maximum absolute atomic E-state index is 9.46. The number of hydrogen-bond donors (Lipinski definition) is 1. The Morgan fingerprint density at radius 2 is 1.78 bits per heavy atom. The molecule has 1 saturated carbocycles. The molecule has 0 aliphatic heterocycles. The van der Waals surface area contributed by atoms with Crippen LogP contribution < -0.4 is 0 Å². The Kier molecular flexibility index (Phi) is 2.09. The van der Waals surface area contributed by atoms with Crippen molar-refractivity contribution in [2.75, 3.05) is 7.11 Å². The molecule has 1 aliphatic carbocycles. The highest BCUT2D eigenvalue weighted by molar-refractivity contribution is 4.71. The van der Waals surface area contributed by atoms with Crippen molar-refractivity contribution in [1.82, 2.24) is 0 Å². The van der Waals surface area contributed by atoms with Gasteiger partial charge in [0.2, 0.25) is 0 Å². The van der Waals surface area contributed by atoms with E-state index in [1.165, 1.54) is 6.42 Å². The maximum Gasteiger partial charge on any atom is 0.165 e. The topological polar surface area (TPSA) is 29.5 Å². The van der Waals surface area contributed by atoms with Gasteiger partial charge in [-0.15, -0.1) is 0 Å². The Labute approximate surface area is 55.8 Å². The predicted octanol–water partition coefficient (Wildman–Crippen LogP) is 1.29. The summed E-state index contributed by atoms with van der Waals surface area (Å²) in [5.74, 6) is -0.780. The van der Waals surface area contributed by atoms with Crippen LogP contribution in [0, 0.1) is 0 Å². The molecule has 0 aromatic carbocycles. The summed E-state index contributed by atoms with van der Waals surface area (Å²) in [7, 11) is 1.57. The maximum atomic E-state index is 9.46. The zero-order valence-corrected chi connectivity index (χ0v) is 5.89. The summed E-state index contributed by atoms with van der Waals surface area (Å²) in [6.45, 7) is 0. The van der Waals surface area contributed by atoms with Crippen LogP contribution in [-0.4, -0.2) is 18.0 Å². The summed E-state index contributed by atoms with van der Waals surface area (Å²) in [6, 6.07) is 0. The van der Waals surface area contributed by atoms with Gasteiger partial charge in [-0.3, -0.25) is 0 Å². The van der Waals surface area contributed by atoms with Crippen molar-refractivity contribution < 1.29 is 9.84 Å². The van der Waals surface area contributed by atoms with Gasteiger partial charge in [-0.2, -0.15) is 0 Å². The quantitative estimate of drug-likeness (QED) is 0.542. The van der Waals surface area contributed by atoms with E-state index in [0.29, 0.717) is 0 Å². The molecule has 2 heteroatoms. The molecule has 1 aliphatic rings. The van der Waals surface area contributed by atoms with Crippen LogP contribution in [0.25, 0.3) is 0 Å². The van der Waals surface area contributed by atoms with Crippen molar-refractivity contribution >= 4 is 0 Å². The number of ether oxygens (including phenoxy) is 1. The van der Waals surface area contributed by atoms with Crippen LogP contribution in [0.5, 0.6) is 0 Å². The number of rotatable bonds is 1. The third-order valence-corrected chi connectivity index (χ3v) is 2.01. The van der Waals surface area contributed by atoms with Gasteiger partial charge in [-0.1, -0.05) is 6.42 Å². The van der Waals surface area contributed by atoms with Crippen LogP contribution >= 0.6 is 0 Å². The predicted molar refractivity (Wildman–Crippen MR) is 35.0 cm³/mol. The van der Waals surface area contributed by atoms with Gasteiger partial charge in [0.1, 0.15) is 0 Å². The van der Waals surface area contributed by atoms with Crippen LogP contribution in [0.4, 0.5) is 0 Å². The molecule has 1 fully saturated rings. The van der Waals surface area contributed by atoms with E-state index in [2.05, 4.69) is 0 Å². The normalized spacial score (nSPS) is 26.0. The van der Waals surface area contributed by atoms with Crippen LogP contribution in [0.2, 0.25) is 0 Å². The smallest absolute Gasteiger partial charge is 0.165 e. The summed E-state index contributed by atoms with van der Waals surface area (Å²) in [5.41, 5.74) is 0. The van der Waals surface area contributed by atoms with Crippen LogP contribution in [0.15, 0.2) is 0 Å². The summed E-state index contributed by atoms with van der Waals surface area (Å²) in [6.07, 6.45) is 5.06. The van der Waals surface area contributed by atoms with Gasteiger partial charge in [-0.05, 0) is 12.8 Å². The lowest BCUT2D eigenvalue weighted by Gasteiger charge is -2.29. The van der Waals surface area contributed by atoms with Crippen LogP contribution in [0.1, 0.15) is 32.1 Å². The minimum atomic E-state index is -0.780. The molecule has 0 heterocycles. The van der Waals surface area contributed by atoms with Gasteiger partial charge in [0.25, 0.3) is 0 Å². The molecule has 0 amide bonds. The molecule has 0 atom stereocenters. The van der Waals surface area contributed by atoms with Gasteiger partial charge in [-0.25, -0.2) is 0 Å². The highest BCUT2D eigenvalue weighted by Gasteiger charge is 2.27. The minimum absolute atomic E-state index is 0.780. The SMILES string of the molecule is COC1(O)CCCCC1. The van der Waals surface area contributed by atoms with Crippen molar-refractivity contribution in [2.24, 2.45) is 0 Å². The zero-order chi connectivity index (χ0) is 6.74. The molecule has 0 aromatic rings. The monoisotopic (exact) mass is 130 g/mol. The Balaban J connectivity index is 2.37. The average molecular weight is 130 g/mol. The van der Waals surface area contributed by atoms with Crippen molar-refractivity contribution in [2.45, 2.75) is 37.9 Å². The minimum Gasteiger partial charge on any atom is -0.365 e. The molecular formula is C7H14O2. The second-order valence-corrected chi connectivity index (χ2v) is 2.71. The lowest BCUT2D eigenvalue weighted by molar-refractivity contribution is -0.202. The lowest BCUT2D eigenvalue weighted by Crippen LogP contribution is -2.32. The first-order valence-corrected chi connectivity index (χ1v) is 3.54. The molecule has 0 unspecified atom stereocenters. The number of hydrogen-bond acceptors (Lipinski definition) is 2. The van der Waals surface area contributed by atoms with Crippen molar-refractivity contribution in [1.29, 1.82) is 0 Å². The number of methoxy groups -OCH3 is 1. The Hall–Kier alpha value is -0.0800. The molecule has 0 radical (unpaired) electrons. The van der Waals surface area contributed by atoms with Gasteiger partial charge in [0, 0.05) is 20.0 Å². The van der Waals surface area contributed by atoms with E-state index in [4.69, 9.17) is 4.74 Å². The van der Waals surface area contributed by atoms with E-state index in [9.17, 15) is 5.11 Å². The van der Waals surface area contributed by atoms with Gasteiger partial charge in [0.15, 0.2) is 5.79 Å². The molecule has 1 N–H and O–H groups in total. The molecule has 0 aromatic heterocycles. The Morgan fingerprint density at radius 1 is 1.22 bits per heavy atom. The fraction of sp³-hybridized carbons (Fsp3) is 1.00. The van der Waals surface area contributed by atoms with E-state index >= 15 is 0 Å². The summed E-state index contributed by atoms with van der Waals surface area (Å²) < 4.78 is 4.93. The largest absolute Gasteiger partial charge is 0.365 e. The highest BCUT2D eigenvalue weighted by atomic mass is 16.6. The van der Waals surface area contributed by atoms with E-state index in [-0.39, 0.29) is 0 Å². The summed E-state index contributed by atoms with van der Waals surface area (Å²) >= 11 is 0. The molecule has 54 valence electrons. The fourth-order valence-corrected chi connectivity index (χ4v) is 1.31. The van der Waals surface area contributed by atoms with Crippen LogP contribution in [-0.2, 0) is 4.74 Å². The second kappa shape index (κ2) is 2.67. The standard InChI is InChI=1S/C7H14O2/c1-9-7(8)5-3-2-4-6-7/h8H,2-6H2,1H3. The van der Waals surface area contributed by atoms with Gasteiger partial charge in [0.05, 0.1) is 0 Å². The first-order valence-electron chi connectivity index (χ1n) is 3.54. The summed E-state index contributed by atoms with van der Waals surface area (Å²) in [5, 5.41) is 9.46. The second-order valence-electron chi connectivity index (χ2n) is 2.71. The van der Waals surface area contributed by atoms with Crippen molar-refractivity contribution in [3.8, 4) is 0 Å². The van der Waals surface area contributed by atoms with Crippen molar-refractivity contribution in [3.63, 3.8) is 0 Å². The van der Waals surface area contributed by atoms with E-state index in [0.717, 1.165) is 25.7 Å². The lowest BCUT2D eigenvalue weighted by atomic mass is 9.94. The molecule has 1 rings (SSSR count). The zero-order valence-electron chi connectivity index (χ0n) is 5.89. The molecule has 0 spiro atoms. The average Bonchev–Trinajstić information content (AvgIpc) is 1.90. The first kappa shape index (κ1) is 7.03. The molecule has 2 nitrogen and oxygen atoms in total. The third-order valence-electron chi connectivity index (χ3n) is 2.01. The molecule has 0 saturated heterocycles. The van der Waals surface area contributed by atoms with Crippen LogP contribution in [0.3, 0.4) is 0 Å². The fourth-order valence-electron chi connectivity index (χ4n) is 1.31. The molecule has 0 bridgehead atoms. The van der Waals surface area contributed by atoms with E-state index in [1.54, 1.807) is 7.11 Å². The molecular weight excluding hydrogens is 116 g/mol. The molecule has 9 heavy (non-hydrogen) atoms. The van der Waals surface area contributed by atoms with Gasteiger partial charge >= 0.3 is 0 Å². The van der Waals surface area contributed by atoms with E-state index in [1.807, 2.05) is 0 Å². The highest BCUT2D eigenvalue weighted by Crippen LogP contribution is 2.27. The first-order chi connectivity index (χ1) is 4.27. The Bertz CT molecular complexity index is 84.9.